The smallest absolute Gasteiger partial charge is 0.316 e. The molecule has 0 aliphatic rings. The fraction of sp³-hybridized carbons (Fsp3) is 0.200. The van der Waals surface area contributed by atoms with Gasteiger partial charge in [-0.15, -0.1) is 23.1 Å². The number of thiophene rings is 1. The van der Waals surface area contributed by atoms with Crippen LogP contribution in [0.2, 0.25) is 0 Å². The van der Waals surface area contributed by atoms with Crippen LogP contribution in [0.25, 0.3) is 0 Å². The number of benzene rings is 1. The number of ether oxygens (including phenoxy) is 1. The predicted molar refractivity (Wildman–Crippen MR) is 86.5 cm³/mol. The summed E-state index contributed by atoms with van der Waals surface area (Å²) in [6.07, 6.45) is 0. The highest BCUT2D eigenvalue weighted by Gasteiger charge is 2.10. The predicted octanol–water partition coefficient (Wildman–Crippen LogP) is 3.30. The summed E-state index contributed by atoms with van der Waals surface area (Å²) < 4.78 is 18.2. The van der Waals surface area contributed by atoms with E-state index in [0.29, 0.717) is 0 Å². The molecule has 0 aliphatic heterocycles. The van der Waals surface area contributed by atoms with Crippen LogP contribution in [-0.4, -0.2) is 24.2 Å². The summed E-state index contributed by atoms with van der Waals surface area (Å²) in [6.45, 7) is -0.424. The number of carbonyl (C=O) groups is 2. The maximum absolute atomic E-state index is 13.3. The molecule has 1 N–H and O–H groups in total. The SMILES string of the molecule is O=C(COC(=O)CSCc1cccs1)Nc1ccccc1F. The van der Waals surface area contributed by atoms with Crippen LogP contribution in [-0.2, 0) is 20.1 Å². The van der Waals surface area contributed by atoms with Gasteiger partial charge in [0.25, 0.3) is 5.91 Å². The summed E-state index contributed by atoms with van der Waals surface area (Å²) in [5.41, 5.74) is 0.0654. The number of amides is 1. The van der Waals surface area contributed by atoms with Gasteiger partial charge in [-0.3, -0.25) is 9.59 Å². The molecule has 0 radical (unpaired) electrons. The van der Waals surface area contributed by atoms with Crippen molar-refractivity contribution in [1.82, 2.24) is 0 Å². The summed E-state index contributed by atoms with van der Waals surface area (Å²) in [5.74, 6) is -0.667. The van der Waals surface area contributed by atoms with Crippen LogP contribution in [0.1, 0.15) is 4.88 Å². The van der Waals surface area contributed by atoms with Gasteiger partial charge in [-0.05, 0) is 23.6 Å². The molecule has 1 aromatic carbocycles. The van der Waals surface area contributed by atoms with E-state index in [1.165, 1.54) is 34.8 Å². The van der Waals surface area contributed by atoms with Crippen molar-refractivity contribution >= 4 is 40.7 Å². The first kappa shape index (κ1) is 16.5. The molecule has 0 fully saturated rings. The molecule has 7 heteroatoms. The van der Waals surface area contributed by atoms with E-state index >= 15 is 0 Å². The summed E-state index contributed by atoms with van der Waals surface area (Å²) >= 11 is 3.04. The first-order chi connectivity index (χ1) is 10.6. The standard InChI is InChI=1S/C15H14FNO3S2/c16-12-5-1-2-6-13(12)17-14(18)8-20-15(19)10-21-9-11-4-3-7-22-11/h1-7H,8-10H2,(H,17,18). The number of carbonyl (C=O) groups excluding carboxylic acids is 2. The van der Waals surface area contributed by atoms with Crippen molar-refractivity contribution in [2.24, 2.45) is 0 Å². The van der Waals surface area contributed by atoms with Crippen molar-refractivity contribution in [3.8, 4) is 0 Å². The molecule has 0 saturated heterocycles. The summed E-state index contributed by atoms with van der Waals surface area (Å²) in [4.78, 5) is 24.2. The van der Waals surface area contributed by atoms with Crippen LogP contribution in [0.15, 0.2) is 41.8 Å². The van der Waals surface area contributed by atoms with Crippen molar-refractivity contribution in [3.05, 3.63) is 52.5 Å². The van der Waals surface area contributed by atoms with Crippen LogP contribution in [0, 0.1) is 5.82 Å². The molecule has 0 bridgehead atoms. The van der Waals surface area contributed by atoms with Crippen LogP contribution in [0.5, 0.6) is 0 Å². The average Bonchev–Trinajstić information content (AvgIpc) is 3.01. The fourth-order valence-electron chi connectivity index (χ4n) is 1.57. The Morgan fingerprint density at radius 2 is 2.05 bits per heavy atom. The summed E-state index contributed by atoms with van der Waals surface area (Å²) in [7, 11) is 0. The lowest BCUT2D eigenvalue weighted by atomic mass is 10.3. The highest BCUT2D eigenvalue weighted by Crippen LogP contribution is 2.17. The molecule has 1 aromatic heterocycles. The van der Waals surface area contributed by atoms with Gasteiger partial charge in [0, 0.05) is 10.6 Å². The molecule has 2 rings (SSSR count). The molecule has 0 spiro atoms. The lowest BCUT2D eigenvalue weighted by Crippen LogP contribution is -2.22. The number of anilines is 1. The van der Waals surface area contributed by atoms with Crippen molar-refractivity contribution in [2.45, 2.75) is 5.75 Å². The molecule has 1 heterocycles. The van der Waals surface area contributed by atoms with Gasteiger partial charge in [0.05, 0.1) is 11.4 Å². The zero-order chi connectivity index (χ0) is 15.8. The molecule has 0 unspecified atom stereocenters. The molecule has 22 heavy (non-hydrogen) atoms. The molecular weight excluding hydrogens is 325 g/mol. The minimum atomic E-state index is -0.568. The van der Waals surface area contributed by atoms with Crippen LogP contribution in [0.4, 0.5) is 10.1 Å². The zero-order valence-electron chi connectivity index (χ0n) is 11.6. The Hall–Kier alpha value is -1.86. The van der Waals surface area contributed by atoms with Gasteiger partial charge in [-0.1, -0.05) is 18.2 Å². The largest absolute Gasteiger partial charge is 0.455 e. The third kappa shape index (κ3) is 5.50. The van der Waals surface area contributed by atoms with E-state index < -0.39 is 24.3 Å². The maximum atomic E-state index is 13.3. The van der Waals surface area contributed by atoms with Crippen LogP contribution < -0.4 is 5.32 Å². The third-order valence-corrected chi connectivity index (χ3v) is 4.57. The number of rotatable bonds is 7. The second-order valence-electron chi connectivity index (χ2n) is 4.26. The molecular formula is C15H14FNO3S2. The number of esters is 1. The van der Waals surface area contributed by atoms with Crippen molar-refractivity contribution in [2.75, 3.05) is 17.7 Å². The third-order valence-electron chi connectivity index (χ3n) is 2.56. The molecule has 2 aromatic rings. The number of nitrogens with one attached hydrogen (secondary N) is 1. The molecule has 4 nitrogen and oxygen atoms in total. The van der Waals surface area contributed by atoms with E-state index in [1.54, 1.807) is 17.4 Å². The molecule has 0 aliphatic carbocycles. The van der Waals surface area contributed by atoms with E-state index in [-0.39, 0.29) is 11.4 Å². The van der Waals surface area contributed by atoms with Crippen LogP contribution in [0.3, 0.4) is 0 Å². The monoisotopic (exact) mass is 339 g/mol. The van der Waals surface area contributed by atoms with Gasteiger partial charge in [0.2, 0.25) is 0 Å². The van der Waals surface area contributed by atoms with Gasteiger partial charge < -0.3 is 10.1 Å². The van der Waals surface area contributed by atoms with E-state index in [0.717, 1.165) is 5.75 Å². The first-order valence-corrected chi connectivity index (χ1v) is 8.48. The number of para-hydroxylation sites is 1. The van der Waals surface area contributed by atoms with Gasteiger partial charge in [0.15, 0.2) is 6.61 Å². The van der Waals surface area contributed by atoms with Gasteiger partial charge in [-0.25, -0.2) is 4.39 Å². The Balaban J connectivity index is 1.65. The minimum absolute atomic E-state index is 0.0654. The van der Waals surface area contributed by atoms with Gasteiger partial charge in [0.1, 0.15) is 5.82 Å². The average molecular weight is 339 g/mol. The minimum Gasteiger partial charge on any atom is -0.455 e. The Morgan fingerprint density at radius 1 is 1.23 bits per heavy atom. The Kier molecular flexibility index (Phi) is 6.42. The lowest BCUT2D eigenvalue weighted by molar-refractivity contribution is -0.144. The second-order valence-corrected chi connectivity index (χ2v) is 6.28. The van der Waals surface area contributed by atoms with E-state index in [1.807, 2.05) is 17.5 Å². The Bertz CT molecular complexity index is 631. The Labute approximate surface area is 135 Å². The molecule has 1 amide bonds. The lowest BCUT2D eigenvalue weighted by Gasteiger charge is -2.07. The maximum Gasteiger partial charge on any atom is 0.316 e. The van der Waals surface area contributed by atoms with E-state index in [9.17, 15) is 14.0 Å². The van der Waals surface area contributed by atoms with Crippen molar-refractivity contribution < 1.29 is 18.7 Å². The molecule has 0 atom stereocenters. The Morgan fingerprint density at radius 3 is 2.77 bits per heavy atom. The fourth-order valence-corrected chi connectivity index (χ4v) is 3.23. The van der Waals surface area contributed by atoms with Crippen molar-refractivity contribution in [1.29, 1.82) is 0 Å². The number of hydrogen-bond donors (Lipinski definition) is 1. The highest BCUT2D eigenvalue weighted by molar-refractivity contribution is 7.99. The highest BCUT2D eigenvalue weighted by atomic mass is 32.2. The number of hydrogen-bond acceptors (Lipinski definition) is 5. The number of thioether (sulfide) groups is 1. The summed E-state index contributed by atoms with van der Waals surface area (Å²) in [5, 5.41) is 4.32. The number of halogens is 1. The topological polar surface area (TPSA) is 55.4 Å². The molecule has 116 valence electrons. The van der Waals surface area contributed by atoms with E-state index in [4.69, 9.17) is 4.74 Å². The first-order valence-electron chi connectivity index (χ1n) is 6.45. The summed E-state index contributed by atoms with van der Waals surface area (Å²) in [6, 6.07) is 9.74. The molecule has 0 saturated carbocycles. The van der Waals surface area contributed by atoms with Crippen LogP contribution >= 0.6 is 23.1 Å². The normalized spacial score (nSPS) is 10.2. The van der Waals surface area contributed by atoms with E-state index in [2.05, 4.69) is 5.32 Å². The van der Waals surface area contributed by atoms with Gasteiger partial charge in [-0.2, -0.15) is 0 Å². The zero-order valence-corrected chi connectivity index (χ0v) is 13.2. The van der Waals surface area contributed by atoms with Crippen molar-refractivity contribution in [3.63, 3.8) is 0 Å². The quantitative estimate of drug-likeness (QED) is 0.787. The second kappa shape index (κ2) is 8.55. The van der Waals surface area contributed by atoms with Gasteiger partial charge >= 0.3 is 5.97 Å².